The monoisotopic (exact) mass is 364 g/mol. The summed E-state index contributed by atoms with van der Waals surface area (Å²) in [6.07, 6.45) is 4.59. The first-order chi connectivity index (χ1) is 13.2. The van der Waals surface area contributed by atoms with Crippen molar-refractivity contribution in [3.05, 3.63) is 72.9 Å². The molecule has 1 heterocycles. The van der Waals surface area contributed by atoms with E-state index < -0.39 is 0 Å². The van der Waals surface area contributed by atoms with Crippen LogP contribution in [0, 0.1) is 0 Å². The molecule has 1 N–H and O–H groups in total. The van der Waals surface area contributed by atoms with Crippen molar-refractivity contribution < 1.29 is 14.3 Å². The molecule has 0 saturated carbocycles. The van der Waals surface area contributed by atoms with Crippen LogP contribution in [0.5, 0.6) is 11.5 Å². The number of fused-ring (bicyclic) bond motifs is 1. The number of para-hydroxylation sites is 1. The van der Waals surface area contributed by atoms with Gasteiger partial charge in [0.1, 0.15) is 6.61 Å². The number of carbonyl (C=O) groups is 1. The molecule has 1 amide bonds. The molecule has 3 aromatic rings. The van der Waals surface area contributed by atoms with Crippen LogP contribution in [-0.4, -0.2) is 30.7 Å². The van der Waals surface area contributed by atoms with Crippen LogP contribution < -0.4 is 14.8 Å². The number of aromatic nitrogens is 1. The number of ether oxygens (including phenoxy) is 2. The number of carbonyl (C=O) groups excluding carboxylic acids is 1. The van der Waals surface area contributed by atoms with E-state index in [1.807, 2.05) is 12.1 Å². The largest absolute Gasteiger partial charge is 0.493 e. The Balaban J connectivity index is 1.53. The molecule has 0 aliphatic carbocycles. The quantitative estimate of drug-likeness (QED) is 0.461. The zero-order valence-corrected chi connectivity index (χ0v) is 15.5. The second kappa shape index (κ2) is 8.94. The Labute approximate surface area is 159 Å². The van der Waals surface area contributed by atoms with Crippen molar-refractivity contribution in [3.8, 4) is 11.5 Å². The number of amides is 1. The van der Waals surface area contributed by atoms with Crippen LogP contribution in [0.4, 0.5) is 0 Å². The summed E-state index contributed by atoms with van der Waals surface area (Å²) in [4.78, 5) is 12.4. The van der Waals surface area contributed by atoms with E-state index in [4.69, 9.17) is 9.47 Å². The molecule has 2 aromatic carbocycles. The lowest BCUT2D eigenvalue weighted by molar-refractivity contribution is 0.0952. The maximum Gasteiger partial charge on any atom is 0.251 e. The summed E-state index contributed by atoms with van der Waals surface area (Å²) in [6, 6.07) is 15.5. The molecule has 0 spiro atoms. The number of methoxy groups -OCH3 is 1. The summed E-state index contributed by atoms with van der Waals surface area (Å²) in [5.41, 5.74) is 1.76. The van der Waals surface area contributed by atoms with E-state index >= 15 is 0 Å². The van der Waals surface area contributed by atoms with Crippen LogP contribution in [0.25, 0.3) is 10.9 Å². The molecule has 0 fully saturated rings. The standard InChI is InChI=1S/C22H24N2O3/c1-3-15-27-20-10-9-18(16-21(20)26-2)22(25)23-12-6-13-24-14-11-17-7-4-5-8-19(17)24/h3-5,7-11,14,16H,1,6,12-13,15H2,2H3,(H,23,25). The summed E-state index contributed by atoms with van der Waals surface area (Å²) < 4.78 is 13.0. The normalized spacial score (nSPS) is 10.6. The van der Waals surface area contributed by atoms with Crippen LogP contribution >= 0.6 is 0 Å². The highest BCUT2D eigenvalue weighted by Crippen LogP contribution is 2.28. The number of rotatable bonds is 9. The fraction of sp³-hybridized carbons (Fsp3) is 0.227. The molecule has 140 valence electrons. The number of hydrogen-bond acceptors (Lipinski definition) is 3. The predicted molar refractivity (Wildman–Crippen MR) is 108 cm³/mol. The maximum absolute atomic E-state index is 12.4. The first kappa shape index (κ1) is 18.6. The van der Waals surface area contributed by atoms with Crippen LogP contribution in [0.1, 0.15) is 16.8 Å². The molecule has 27 heavy (non-hydrogen) atoms. The predicted octanol–water partition coefficient (Wildman–Crippen LogP) is 4.03. The molecule has 5 heteroatoms. The number of hydrogen-bond donors (Lipinski definition) is 1. The van der Waals surface area contributed by atoms with E-state index in [2.05, 4.69) is 40.9 Å². The molecule has 3 rings (SSSR count). The highest BCUT2D eigenvalue weighted by molar-refractivity contribution is 5.94. The second-order valence-electron chi connectivity index (χ2n) is 6.14. The van der Waals surface area contributed by atoms with Gasteiger partial charge in [-0.25, -0.2) is 0 Å². The zero-order chi connectivity index (χ0) is 19.1. The Morgan fingerprint density at radius 1 is 1.19 bits per heavy atom. The molecule has 0 radical (unpaired) electrons. The molecule has 0 atom stereocenters. The molecule has 0 unspecified atom stereocenters. The van der Waals surface area contributed by atoms with Crippen molar-refractivity contribution in [2.45, 2.75) is 13.0 Å². The summed E-state index contributed by atoms with van der Waals surface area (Å²) in [5.74, 6) is 0.998. The Kier molecular flexibility index (Phi) is 6.15. The number of nitrogens with zero attached hydrogens (tertiary/aromatic N) is 1. The lowest BCUT2D eigenvalue weighted by Gasteiger charge is -2.11. The van der Waals surface area contributed by atoms with Gasteiger partial charge in [0, 0.05) is 30.4 Å². The lowest BCUT2D eigenvalue weighted by Crippen LogP contribution is -2.25. The lowest BCUT2D eigenvalue weighted by atomic mass is 10.2. The molecule has 0 bridgehead atoms. The van der Waals surface area contributed by atoms with Gasteiger partial charge in [0.15, 0.2) is 11.5 Å². The highest BCUT2D eigenvalue weighted by Gasteiger charge is 2.11. The van der Waals surface area contributed by atoms with Crippen LogP contribution in [-0.2, 0) is 6.54 Å². The van der Waals surface area contributed by atoms with E-state index in [1.54, 1.807) is 31.4 Å². The van der Waals surface area contributed by atoms with Crippen LogP contribution in [0.3, 0.4) is 0 Å². The van der Waals surface area contributed by atoms with Gasteiger partial charge in [0.25, 0.3) is 5.91 Å². The average Bonchev–Trinajstić information content (AvgIpc) is 3.12. The first-order valence-corrected chi connectivity index (χ1v) is 8.96. The number of nitrogens with one attached hydrogen (secondary N) is 1. The van der Waals surface area contributed by atoms with E-state index in [0.29, 0.717) is 30.2 Å². The minimum absolute atomic E-state index is 0.124. The Hall–Kier alpha value is -3.21. The Bertz CT molecular complexity index is 930. The SMILES string of the molecule is C=CCOc1ccc(C(=O)NCCCn2ccc3ccccc32)cc1OC. The van der Waals surface area contributed by atoms with Gasteiger partial charge >= 0.3 is 0 Å². The van der Waals surface area contributed by atoms with Crippen molar-refractivity contribution in [2.75, 3.05) is 20.3 Å². The minimum Gasteiger partial charge on any atom is -0.493 e. The van der Waals surface area contributed by atoms with Gasteiger partial charge in [-0.3, -0.25) is 4.79 Å². The van der Waals surface area contributed by atoms with Crippen LogP contribution in [0.2, 0.25) is 0 Å². The number of aryl methyl sites for hydroxylation is 1. The van der Waals surface area contributed by atoms with Gasteiger partial charge in [0.05, 0.1) is 7.11 Å². The van der Waals surface area contributed by atoms with E-state index in [0.717, 1.165) is 13.0 Å². The van der Waals surface area contributed by atoms with Gasteiger partial charge < -0.3 is 19.4 Å². The third-order valence-electron chi connectivity index (χ3n) is 4.32. The highest BCUT2D eigenvalue weighted by atomic mass is 16.5. The van der Waals surface area contributed by atoms with E-state index in [9.17, 15) is 4.79 Å². The summed E-state index contributed by atoms with van der Waals surface area (Å²) in [7, 11) is 1.55. The first-order valence-electron chi connectivity index (χ1n) is 8.96. The summed E-state index contributed by atoms with van der Waals surface area (Å²) >= 11 is 0. The fourth-order valence-corrected chi connectivity index (χ4v) is 2.97. The van der Waals surface area contributed by atoms with Gasteiger partial charge in [-0.2, -0.15) is 0 Å². The van der Waals surface area contributed by atoms with Crippen molar-refractivity contribution in [2.24, 2.45) is 0 Å². The topological polar surface area (TPSA) is 52.5 Å². The van der Waals surface area contributed by atoms with Crippen molar-refractivity contribution in [1.82, 2.24) is 9.88 Å². The van der Waals surface area contributed by atoms with Crippen LogP contribution in [0.15, 0.2) is 67.4 Å². The molecule has 0 saturated heterocycles. The van der Waals surface area contributed by atoms with Gasteiger partial charge in [-0.15, -0.1) is 0 Å². The molecule has 1 aromatic heterocycles. The Morgan fingerprint density at radius 3 is 2.85 bits per heavy atom. The molecule has 0 aliphatic rings. The van der Waals surface area contributed by atoms with Gasteiger partial charge in [-0.05, 0) is 42.1 Å². The van der Waals surface area contributed by atoms with Crippen molar-refractivity contribution >= 4 is 16.8 Å². The smallest absolute Gasteiger partial charge is 0.251 e. The fourth-order valence-electron chi connectivity index (χ4n) is 2.97. The van der Waals surface area contributed by atoms with Gasteiger partial charge in [0.2, 0.25) is 0 Å². The third-order valence-corrected chi connectivity index (χ3v) is 4.32. The van der Waals surface area contributed by atoms with Crippen molar-refractivity contribution in [1.29, 1.82) is 0 Å². The zero-order valence-electron chi connectivity index (χ0n) is 15.5. The van der Waals surface area contributed by atoms with Gasteiger partial charge in [-0.1, -0.05) is 30.9 Å². The summed E-state index contributed by atoms with van der Waals surface area (Å²) in [6.45, 7) is 5.46. The molecular formula is C22H24N2O3. The minimum atomic E-state index is -0.124. The molecular weight excluding hydrogens is 340 g/mol. The van der Waals surface area contributed by atoms with Crippen molar-refractivity contribution in [3.63, 3.8) is 0 Å². The van der Waals surface area contributed by atoms with E-state index in [-0.39, 0.29) is 5.91 Å². The molecule has 5 nitrogen and oxygen atoms in total. The average molecular weight is 364 g/mol. The van der Waals surface area contributed by atoms with E-state index in [1.165, 1.54) is 10.9 Å². The number of benzene rings is 2. The second-order valence-corrected chi connectivity index (χ2v) is 6.14. The third kappa shape index (κ3) is 4.50. The summed E-state index contributed by atoms with van der Waals surface area (Å²) in [5, 5.41) is 4.19. The maximum atomic E-state index is 12.4. The Morgan fingerprint density at radius 2 is 2.04 bits per heavy atom. The molecule has 0 aliphatic heterocycles.